The van der Waals surface area contributed by atoms with Crippen molar-refractivity contribution < 1.29 is 76.4 Å². The van der Waals surface area contributed by atoms with Crippen molar-refractivity contribution in [3.63, 3.8) is 0 Å². The zero-order valence-corrected chi connectivity index (χ0v) is 9.31. The molecule has 0 aliphatic carbocycles. The second-order valence-electron chi connectivity index (χ2n) is 0.448. The molecule has 0 rings (SSSR count). The Kier molecular flexibility index (Phi) is 13.6. The molecule has 0 aromatic heterocycles. The Morgan fingerprint density at radius 1 is 1.14 bits per heavy atom. The maximum absolute atomic E-state index is 8.74. The minimum absolute atomic E-state index is 0. The molecule has 7 heteroatoms. The summed E-state index contributed by atoms with van der Waals surface area (Å²) in [7, 11) is -4.67. The van der Waals surface area contributed by atoms with Crippen molar-refractivity contribution >= 4 is 10.4 Å². The second kappa shape index (κ2) is 5.98. The number of hydrogen-bond donors (Lipinski definition) is 2. The predicted molar refractivity (Wildman–Crippen MR) is 14.2 cm³/mol. The van der Waals surface area contributed by atoms with E-state index in [2.05, 4.69) is 0 Å². The van der Waals surface area contributed by atoms with Crippen LogP contribution in [0.25, 0.3) is 0 Å². The predicted octanol–water partition coefficient (Wildman–Crippen LogP) is -0.658. The van der Waals surface area contributed by atoms with Crippen molar-refractivity contribution in [2.45, 2.75) is 0 Å². The molecule has 0 aromatic rings. The maximum Gasteiger partial charge on any atom is 0.394 e. The van der Waals surface area contributed by atoms with Gasteiger partial charge in [-0.15, -0.1) is 0 Å². The Hall–Kier alpha value is 1.86. The molecule has 0 unspecified atom stereocenters. The third kappa shape index (κ3) is 78.2. The van der Waals surface area contributed by atoms with Gasteiger partial charge < -0.3 is 0 Å². The molecule has 0 heterocycles. The van der Waals surface area contributed by atoms with Crippen LogP contribution in [0.1, 0.15) is 0 Å². The zero-order chi connectivity index (χ0) is 4.50. The quantitative estimate of drug-likeness (QED) is 0.577. The summed E-state index contributed by atoms with van der Waals surface area (Å²) >= 11 is 0. The van der Waals surface area contributed by atoms with Crippen LogP contribution >= 0.6 is 0 Å². The number of hydrogen-bond acceptors (Lipinski definition) is 2. The van der Waals surface area contributed by atoms with Crippen molar-refractivity contribution in [3.05, 3.63) is 0 Å². The first-order valence-electron chi connectivity index (χ1n) is 0.698. The van der Waals surface area contributed by atoms with Crippen LogP contribution in [-0.4, -0.2) is 17.5 Å². The van der Waals surface area contributed by atoms with Crippen LogP contribution < -0.4 is 0 Å². The zero-order valence-electron chi connectivity index (χ0n) is 3.20. The average Bonchev–Trinajstić information content (AvgIpc) is 0.722. The molecule has 0 bridgehead atoms. The van der Waals surface area contributed by atoms with E-state index in [4.69, 9.17) is 17.5 Å². The molecule has 0 aliphatic rings. The Morgan fingerprint density at radius 3 is 1.14 bits per heavy atom. The summed E-state index contributed by atoms with van der Waals surface area (Å²) in [4.78, 5) is 0. The molecule has 39 valence electrons. The van der Waals surface area contributed by atoms with E-state index in [9.17, 15) is 0 Å². The van der Waals surface area contributed by atoms with Gasteiger partial charge >= 0.3 is 10.4 Å². The molecule has 0 spiro atoms. The first-order valence-corrected chi connectivity index (χ1v) is 2.10. The summed E-state index contributed by atoms with van der Waals surface area (Å²) in [5, 5.41) is 0. The molecule has 1 radical (unpaired) electrons. The van der Waals surface area contributed by atoms with Crippen LogP contribution in [0, 0.1) is 0 Å². The molecule has 0 fully saturated rings. The molecular formula is H2O4SYZr. The van der Waals surface area contributed by atoms with E-state index in [1.165, 1.54) is 0 Å². The first-order chi connectivity index (χ1) is 2.00. The standard InChI is InChI=1S/H2O4S.Y.Zr/c1-5(2,3)4;;/h(H2,1,2,3,4);;. The van der Waals surface area contributed by atoms with Crippen LogP contribution in [0.5, 0.6) is 0 Å². The van der Waals surface area contributed by atoms with E-state index in [1.807, 2.05) is 0 Å². The van der Waals surface area contributed by atoms with Gasteiger partial charge in [-0.1, -0.05) is 0 Å². The van der Waals surface area contributed by atoms with Crippen molar-refractivity contribution in [1.29, 1.82) is 0 Å². The van der Waals surface area contributed by atoms with Gasteiger partial charge in [0.1, 0.15) is 0 Å². The van der Waals surface area contributed by atoms with E-state index in [0.717, 1.165) is 0 Å². The summed E-state index contributed by atoms with van der Waals surface area (Å²) in [6, 6.07) is 0. The summed E-state index contributed by atoms with van der Waals surface area (Å²) < 4.78 is 31.6. The van der Waals surface area contributed by atoms with Crippen LogP contribution in [0.3, 0.4) is 0 Å². The Morgan fingerprint density at radius 2 is 1.14 bits per heavy atom. The Bertz CT molecular complexity index is 94.9. The second-order valence-corrected chi connectivity index (χ2v) is 1.34. The third-order valence-electron chi connectivity index (χ3n) is 0. The van der Waals surface area contributed by atoms with Gasteiger partial charge in [-0.25, -0.2) is 0 Å². The van der Waals surface area contributed by atoms with Gasteiger partial charge in [-0.05, 0) is 0 Å². The van der Waals surface area contributed by atoms with Gasteiger partial charge in [0.25, 0.3) is 0 Å². The summed E-state index contributed by atoms with van der Waals surface area (Å²) in [5.74, 6) is 0. The van der Waals surface area contributed by atoms with Crippen molar-refractivity contribution in [2.24, 2.45) is 0 Å². The first kappa shape index (κ1) is 15.9. The molecular weight excluding hydrogens is 276 g/mol. The van der Waals surface area contributed by atoms with Crippen LogP contribution in [0.15, 0.2) is 0 Å². The fourth-order valence-corrected chi connectivity index (χ4v) is 0. The summed E-state index contributed by atoms with van der Waals surface area (Å²) in [5.41, 5.74) is 0. The Balaban J connectivity index is -0.0000000800. The van der Waals surface area contributed by atoms with Gasteiger partial charge in [0.2, 0.25) is 0 Å². The maximum atomic E-state index is 8.74. The van der Waals surface area contributed by atoms with Gasteiger partial charge in [0.05, 0.1) is 0 Å². The van der Waals surface area contributed by atoms with E-state index in [-0.39, 0.29) is 58.9 Å². The Labute approximate surface area is 85.6 Å². The molecule has 0 aliphatic heterocycles. The van der Waals surface area contributed by atoms with Crippen molar-refractivity contribution in [2.75, 3.05) is 0 Å². The molecule has 7 heavy (non-hydrogen) atoms. The van der Waals surface area contributed by atoms with E-state index in [1.54, 1.807) is 0 Å². The van der Waals surface area contributed by atoms with Crippen LogP contribution in [-0.2, 0) is 69.3 Å². The molecule has 0 amide bonds. The molecule has 4 nitrogen and oxygen atoms in total. The van der Waals surface area contributed by atoms with Crippen LogP contribution in [0.2, 0.25) is 0 Å². The fraction of sp³-hybridized carbons (Fsp3) is 0. The summed E-state index contributed by atoms with van der Waals surface area (Å²) in [6.45, 7) is 0. The fourth-order valence-electron chi connectivity index (χ4n) is 0. The SMILES string of the molecule is O=S(=O)(O)O.[Y].[Zr]. The number of rotatable bonds is 0. The molecule has 2 N–H and O–H groups in total. The largest absolute Gasteiger partial charge is 0.394 e. The third-order valence-corrected chi connectivity index (χ3v) is 0. The van der Waals surface area contributed by atoms with Crippen molar-refractivity contribution in [1.82, 2.24) is 0 Å². The molecule has 0 saturated carbocycles. The van der Waals surface area contributed by atoms with Gasteiger partial charge in [0.15, 0.2) is 0 Å². The van der Waals surface area contributed by atoms with Gasteiger partial charge in [-0.3, -0.25) is 9.11 Å². The van der Waals surface area contributed by atoms with Crippen molar-refractivity contribution in [3.8, 4) is 0 Å². The minimum atomic E-state index is -4.67. The van der Waals surface area contributed by atoms with Gasteiger partial charge in [0, 0.05) is 58.9 Å². The molecule has 0 aromatic carbocycles. The van der Waals surface area contributed by atoms with E-state index in [0.29, 0.717) is 0 Å². The minimum Gasteiger partial charge on any atom is -0.264 e. The van der Waals surface area contributed by atoms with Gasteiger partial charge in [-0.2, -0.15) is 8.42 Å². The molecule has 0 atom stereocenters. The van der Waals surface area contributed by atoms with Crippen LogP contribution in [0.4, 0.5) is 0 Å². The van der Waals surface area contributed by atoms with E-state index >= 15 is 0 Å². The topological polar surface area (TPSA) is 74.6 Å². The average molecular weight is 278 g/mol. The normalized spacial score (nSPS) is 8.29. The molecule has 0 saturated heterocycles. The van der Waals surface area contributed by atoms with E-state index < -0.39 is 10.4 Å². The summed E-state index contributed by atoms with van der Waals surface area (Å²) in [6.07, 6.45) is 0. The smallest absolute Gasteiger partial charge is 0.264 e. The monoisotopic (exact) mass is 277 g/mol.